The van der Waals surface area contributed by atoms with Gasteiger partial charge in [-0.25, -0.2) is 13.4 Å². The van der Waals surface area contributed by atoms with Crippen molar-refractivity contribution in [1.82, 2.24) is 9.29 Å². The maximum absolute atomic E-state index is 12.8. The number of hydrogen-bond donors (Lipinski definition) is 1. The summed E-state index contributed by atoms with van der Waals surface area (Å²) in [6.45, 7) is 1.43. The molecule has 1 aliphatic heterocycles. The number of sulfonamides is 1. The van der Waals surface area contributed by atoms with Crippen LogP contribution in [0.25, 0.3) is 20.8 Å². The van der Waals surface area contributed by atoms with Crippen LogP contribution in [0, 0.1) is 0 Å². The van der Waals surface area contributed by atoms with E-state index in [4.69, 9.17) is 4.74 Å². The van der Waals surface area contributed by atoms with E-state index in [0.717, 1.165) is 20.8 Å². The van der Waals surface area contributed by atoms with E-state index in [1.807, 2.05) is 48.5 Å². The summed E-state index contributed by atoms with van der Waals surface area (Å²) >= 11 is 1.60. The van der Waals surface area contributed by atoms with Crippen LogP contribution in [0.15, 0.2) is 77.7 Å². The molecule has 0 bridgehead atoms. The zero-order valence-electron chi connectivity index (χ0n) is 17.6. The van der Waals surface area contributed by atoms with Crippen LogP contribution in [0.4, 0.5) is 5.69 Å². The number of fused-ring (bicyclic) bond motifs is 1. The van der Waals surface area contributed by atoms with Crippen LogP contribution in [0.5, 0.6) is 0 Å². The Hall–Kier alpha value is -3.11. The van der Waals surface area contributed by atoms with Gasteiger partial charge in [-0.15, -0.1) is 11.3 Å². The van der Waals surface area contributed by atoms with Crippen molar-refractivity contribution in [3.05, 3.63) is 78.4 Å². The Morgan fingerprint density at radius 1 is 0.970 bits per heavy atom. The van der Waals surface area contributed by atoms with Crippen molar-refractivity contribution in [3.63, 3.8) is 0 Å². The number of nitrogens with zero attached hydrogens (tertiary/aromatic N) is 2. The smallest absolute Gasteiger partial charge is 0.255 e. The van der Waals surface area contributed by atoms with Gasteiger partial charge in [-0.3, -0.25) is 4.79 Å². The molecule has 1 aliphatic rings. The predicted octanol–water partition coefficient (Wildman–Crippen LogP) is 4.24. The molecule has 1 fully saturated rings. The Labute approximate surface area is 195 Å². The molecule has 0 atom stereocenters. The zero-order valence-corrected chi connectivity index (χ0v) is 19.2. The highest BCUT2D eigenvalue weighted by atomic mass is 32.2. The van der Waals surface area contributed by atoms with Crippen LogP contribution in [0.1, 0.15) is 10.4 Å². The van der Waals surface area contributed by atoms with Crippen LogP contribution in [0.3, 0.4) is 0 Å². The van der Waals surface area contributed by atoms with E-state index < -0.39 is 10.0 Å². The quantitative estimate of drug-likeness (QED) is 0.463. The molecule has 1 N–H and O–H groups in total. The van der Waals surface area contributed by atoms with Crippen molar-refractivity contribution in [2.45, 2.75) is 4.90 Å². The van der Waals surface area contributed by atoms with Crippen molar-refractivity contribution >= 4 is 43.2 Å². The van der Waals surface area contributed by atoms with Crippen molar-refractivity contribution in [2.24, 2.45) is 0 Å². The van der Waals surface area contributed by atoms with Gasteiger partial charge in [0, 0.05) is 29.9 Å². The summed E-state index contributed by atoms with van der Waals surface area (Å²) in [5, 5.41) is 3.76. The standard InChI is InChI=1S/C24H21N3O4S2/c28-23(17-8-10-20(11-9-17)33(29,30)27-12-14-31-15-13-27)25-19-5-3-4-18(16-19)24-26-21-6-1-2-7-22(21)32-24/h1-11,16H,12-15H2,(H,25,28). The minimum Gasteiger partial charge on any atom is -0.379 e. The average molecular weight is 480 g/mol. The first-order chi connectivity index (χ1) is 16.0. The van der Waals surface area contributed by atoms with E-state index in [0.29, 0.717) is 37.6 Å². The summed E-state index contributed by atoms with van der Waals surface area (Å²) in [7, 11) is -3.60. The molecule has 0 saturated carbocycles. The number of anilines is 1. The van der Waals surface area contributed by atoms with Crippen molar-refractivity contribution in [2.75, 3.05) is 31.6 Å². The number of morpholine rings is 1. The lowest BCUT2D eigenvalue weighted by Gasteiger charge is -2.26. The molecule has 0 radical (unpaired) electrons. The summed E-state index contributed by atoms with van der Waals surface area (Å²) in [6.07, 6.45) is 0. The number of amides is 1. The van der Waals surface area contributed by atoms with Gasteiger partial charge in [0.1, 0.15) is 5.01 Å². The highest BCUT2D eigenvalue weighted by Gasteiger charge is 2.26. The Morgan fingerprint density at radius 3 is 2.48 bits per heavy atom. The molecule has 9 heteroatoms. The summed E-state index contributed by atoms with van der Waals surface area (Å²) in [6, 6.07) is 21.5. The third-order valence-corrected chi connectivity index (χ3v) is 8.38. The number of hydrogen-bond acceptors (Lipinski definition) is 6. The molecule has 3 aromatic carbocycles. The van der Waals surface area contributed by atoms with Gasteiger partial charge in [-0.1, -0.05) is 24.3 Å². The first-order valence-corrected chi connectivity index (χ1v) is 12.7. The lowest BCUT2D eigenvalue weighted by atomic mass is 10.2. The van der Waals surface area contributed by atoms with Crippen LogP contribution in [-0.4, -0.2) is 49.9 Å². The third-order valence-electron chi connectivity index (χ3n) is 5.39. The Morgan fingerprint density at radius 2 is 1.73 bits per heavy atom. The molecule has 1 amide bonds. The highest BCUT2D eigenvalue weighted by Crippen LogP contribution is 2.31. The first kappa shape index (κ1) is 21.7. The Kier molecular flexibility index (Phi) is 5.94. The van der Waals surface area contributed by atoms with E-state index in [-0.39, 0.29) is 10.8 Å². The predicted molar refractivity (Wildman–Crippen MR) is 129 cm³/mol. The van der Waals surface area contributed by atoms with Crippen LogP contribution in [-0.2, 0) is 14.8 Å². The summed E-state index contributed by atoms with van der Waals surface area (Å²) in [5.74, 6) is -0.313. The van der Waals surface area contributed by atoms with Gasteiger partial charge in [-0.05, 0) is 48.5 Å². The molecule has 0 unspecified atom stereocenters. The molecule has 7 nitrogen and oxygen atoms in total. The maximum atomic E-state index is 12.8. The van der Waals surface area contributed by atoms with Gasteiger partial charge < -0.3 is 10.1 Å². The van der Waals surface area contributed by atoms with E-state index in [9.17, 15) is 13.2 Å². The van der Waals surface area contributed by atoms with Gasteiger partial charge in [0.05, 0.1) is 28.3 Å². The molecule has 0 aliphatic carbocycles. The molecule has 1 aromatic heterocycles. The number of benzene rings is 3. The van der Waals surface area contributed by atoms with E-state index in [2.05, 4.69) is 10.3 Å². The lowest BCUT2D eigenvalue weighted by Crippen LogP contribution is -2.40. The topological polar surface area (TPSA) is 88.6 Å². The van der Waals surface area contributed by atoms with Crippen molar-refractivity contribution < 1.29 is 17.9 Å². The number of ether oxygens (including phenoxy) is 1. The average Bonchev–Trinajstić information content (AvgIpc) is 3.29. The van der Waals surface area contributed by atoms with Crippen LogP contribution in [0.2, 0.25) is 0 Å². The molecule has 168 valence electrons. The number of carbonyl (C=O) groups is 1. The van der Waals surface area contributed by atoms with Gasteiger partial charge in [-0.2, -0.15) is 4.31 Å². The minimum absolute atomic E-state index is 0.166. The second kappa shape index (κ2) is 9.03. The monoisotopic (exact) mass is 479 g/mol. The minimum atomic E-state index is -3.60. The van der Waals surface area contributed by atoms with Crippen molar-refractivity contribution in [3.8, 4) is 10.6 Å². The molecule has 5 rings (SSSR count). The lowest BCUT2D eigenvalue weighted by molar-refractivity contribution is 0.0730. The number of thiazole rings is 1. The molecule has 4 aromatic rings. The largest absolute Gasteiger partial charge is 0.379 e. The van der Waals surface area contributed by atoms with Gasteiger partial charge in [0.15, 0.2) is 0 Å². The van der Waals surface area contributed by atoms with Crippen LogP contribution >= 0.6 is 11.3 Å². The zero-order chi connectivity index (χ0) is 22.8. The van der Waals surface area contributed by atoms with E-state index in [1.165, 1.54) is 28.6 Å². The summed E-state index contributed by atoms with van der Waals surface area (Å²) in [5.41, 5.74) is 2.88. The van der Waals surface area contributed by atoms with E-state index in [1.54, 1.807) is 11.3 Å². The molecule has 33 heavy (non-hydrogen) atoms. The Balaban J connectivity index is 1.32. The highest BCUT2D eigenvalue weighted by molar-refractivity contribution is 7.89. The van der Waals surface area contributed by atoms with Crippen molar-refractivity contribution in [1.29, 1.82) is 0 Å². The molecule has 0 spiro atoms. The summed E-state index contributed by atoms with van der Waals surface area (Å²) < 4.78 is 33.3. The number of aromatic nitrogens is 1. The fraction of sp³-hybridized carbons (Fsp3) is 0.167. The first-order valence-electron chi connectivity index (χ1n) is 10.5. The van der Waals surface area contributed by atoms with Gasteiger partial charge in [0.25, 0.3) is 5.91 Å². The van der Waals surface area contributed by atoms with Gasteiger partial charge >= 0.3 is 0 Å². The molecular formula is C24H21N3O4S2. The second-order valence-electron chi connectivity index (χ2n) is 7.56. The summed E-state index contributed by atoms with van der Waals surface area (Å²) in [4.78, 5) is 17.6. The van der Waals surface area contributed by atoms with Crippen LogP contribution < -0.4 is 5.32 Å². The molecular weight excluding hydrogens is 458 g/mol. The molecule has 1 saturated heterocycles. The maximum Gasteiger partial charge on any atom is 0.255 e. The van der Waals surface area contributed by atoms with Gasteiger partial charge in [0.2, 0.25) is 10.0 Å². The number of carbonyl (C=O) groups excluding carboxylic acids is 1. The normalized spacial score (nSPS) is 14.9. The fourth-order valence-electron chi connectivity index (χ4n) is 3.64. The Bertz CT molecular complexity index is 1380. The fourth-order valence-corrected chi connectivity index (χ4v) is 6.01. The molecule has 2 heterocycles. The number of para-hydroxylation sites is 1. The third kappa shape index (κ3) is 4.53. The van der Waals surface area contributed by atoms with E-state index >= 15 is 0 Å². The number of nitrogens with one attached hydrogen (secondary N) is 1. The number of rotatable bonds is 5. The second-order valence-corrected chi connectivity index (χ2v) is 10.5. The SMILES string of the molecule is O=C(Nc1cccc(-c2nc3ccccc3s2)c1)c1ccc(S(=O)(=O)N2CCOCC2)cc1.